The second-order valence-electron chi connectivity index (χ2n) is 4.14. The first-order valence-corrected chi connectivity index (χ1v) is 7.42. The van der Waals surface area contributed by atoms with E-state index in [0.717, 1.165) is 26.0 Å². The molecule has 2 unspecified atom stereocenters. The van der Waals surface area contributed by atoms with Crippen molar-refractivity contribution in [3.8, 4) is 0 Å². The predicted octanol–water partition coefficient (Wildman–Crippen LogP) is 1.86. The van der Waals surface area contributed by atoms with Gasteiger partial charge in [-0.1, -0.05) is 6.92 Å². The van der Waals surface area contributed by atoms with Crippen molar-refractivity contribution in [2.24, 2.45) is 5.73 Å². The van der Waals surface area contributed by atoms with E-state index in [0.29, 0.717) is 12.1 Å². The van der Waals surface area contributed by atoms with E-state index in [-0.39, 0.29) is 0 Å². The molecule has 0 aliphatic heterocycles. The normalized spacial score (nSPS) is 15.0. The Bertz CT molecular complexity index is 147. The molecule has 0 heterocycles. The van der Waals surface area contributed by atoms with Crippen LogP contribution in [0.1, 0.15) is 33.1 Å². The third-order valence-electron chi connectivity index (χ3n) is 2.54. The summed E-state index contributed by atoms with van der Waals surface area (Å²) in [6.07, 6.45) is 3.40. The van der Waals surface area contributed by atoms with E-state index >= 15 is 0 Å². The molecule has 0 amide bonds. The highest BCUT2D eigenvalue weighted by atomic mass is 32.2. The van der Waals surface area contributed by atoms with Crippen LogP contribution in [0.5, 0.6) is 0 Å². The van der Waals surface area contributed by atoms with E-state index in [1.165, 1.54) is 17.9 Å². The highest BCUT2D eigenvalue weighted by Crippen LogP contribution is 2.06. The van der Waals surface area contributed by atoms with Crippen LogP contribution in [-0.2, 0) is 4.74 Å². The van der Waals surface area contributed by atoms with E-state index < -0.39 is 0 Å². The average molecular weight is 248 g/mol. The van der Waals surface area contributed by atoms with Gasteiger partial charge in [-0.25, -0.2) is 0 Å². The van der Waals surface area contributed by atoms with Crippen LogP contribution in [0.2, 0.25) is 0 Å². The van der Waals surface area contributed by atoms with Gasteiger partial charge in [0.25, 0.3) is 0 Å². The minimum absolute atomic E-state index is 0.454. The van der Waals surface area contributed by atoms with Gasteiger partial charge in [-0.3, -0.25) is 0 Å². The lowest BCUT2D eigenvalue weighted by Crippen LogP contribution is -2.40. The van der Waals surface area contributed by atoms with Crippen LogP contribution in [0.3, 0.4) is 0 Å². The molecule has 0 spiro atoms. The van der Waals surface area contributed by atoms with Crippen LogP contribution in [0.15, 0.2) is 0 Å². The number of thioether (sulfide) groups is 1. The van der Waals surface area contributed by atoms with Crippen LogP contribution >= 0.6 is 11.8 Å². The van der Waals surface area contributed by atoms with Crippen molar-refractivity contribution in [1.29, 1.82) is 0 Å². The summed E-state index contributed by atoms with van der Waals surface area (Å²) in [5.41, 5.74) is 5.53. The van der Waals surface area contributed by atoms with Gasteiger partial charge < -0.3 is 15.8 Å². The number of hydrogen-bond donors (Lipinski definition) is 2. The van der Waals surface area contributed by atoms with Gasteiger partial charge in [-0.2, -0.15) is 11.8 Å². The maximum absolute atomic E-state index is 5.53. The molecule has 0 aromatic heterocycles. The van der Waals surface area contributed by atoms with Gasteiger partial charge in [0.05, 0.1) is 6.61 Å². The Hall–Kier alpha value is 0.230. The standard InChI is InChI=1S/C12H28N2OS/c1-4-16-9-7-11(2)14-12(10-15-3)6-5-8-13/h11-12,14H,4-10,13H2,1-3H3. The fraction of sp³-hybridized carbons (Fsp3) is 1.00. The topological polar surface area (TPSA) is 47.3 Å². The first-order valence-electron chi connectivity index (χ1n) is 6.27. The number of nitrogens with one attached hydrogen (secondary N) is 1. The fourth-order valence-electron chi connectivity index (χ4n) is 1.67. The van der Waals surface area contributed by atoms with Crippen LogP contribution < -0.4 is 11.1 Å². The average Bonchev–Trinajstić information content (AvgIpc) is 2.26. The Labute approximate surface area is 105 Å². The maximum Gasteiger partial charge on any atom is 0.0615 e. The van der Waals surface area contributed by atoms with Crippen molar-refractivity contribution in [3.05, 3.63) is 0 Å². The third-order valence-corrected chi connectivity index (χ3v) is 3.48. The quantitative estimate of drug-likeness (QED) is 0.548. The zero-order valence-electron chi connectivity index (χ0n) is 11.0. The lowest BCUT2D eigenvalue weighted by molar-refractivity contribution is 0.156. The molecule has 0 radical (unpaired) electrons. The summed E-state index contributed by atoms with van der Waals surface area (Å²) in [6, 6.07) is 1.02. The molecule has 0 rings (SSSR count). The second-order valence-corrected chi connectivity index (χ2v) is 5.53. The predicted molar refractivity (Wildman–Crippen MR) is 74.2 cm³/mol. The highest BCUT2D eigenvalue weighted by Gasteiger charge is 2.11. The first kappa shape index (κ1) is 16.2. The number of ether oxygens (including phenoxy) is 1. The summed E-state index contributed by atoms with van der Waals surface area (Å²) >= 11 is 2.00. The van der Waals surface area contributed by atoms with Gasteiger partial charge in [-0.15, -0.1) is 0 Å². The van der Waals surface area contributed by atoms with Crippen LogP contribution in [0.4, 0.5) is 0 Å². The number of hydrogen-bond acceptors (Lipinski definition) is 4. The van der Waals surface area contributed by atoms with Gasteiger partial charge in [0.1, 0.15) is 0 Å². The smallest absolute Gasteiger partial charge is 0.0615 e. The summed E-state index contributed by atoms with van der Waals surface area (Å²) in [4.78, 5) is 0. The fourth-order valence-corrected chi connectivity index (χ4v) is 2.48. The summed E-state index contributed by atoms with van der Waals surface area (Å²) in [5, 5.41) is 3.62. The maximum atomic E-state index is 5.53. The zero-order valence-corrected chi connectivity index (χ0v) is 11.8. The lowest BCUT2D eigenvalue weighted by atomic mass is 10.1. The van der Waals surface area contributed by atoms with Crippen molar-refractivity contribution in [2.45, 2.75) is 45.2 Å². The van der Waals surface area contributed by atoms with Gasteiger partial charge >= 0.3 is 0 Å². The third kappa shape index (κ3) is 9.46. The zero-order chi connectivity index (χ0) is 12.2. The van der Waals surface area contributed by atoms with Gasteiger partial charge in [0, 0.05) is 19.2 Å². The van der Waals surface area contributed by atoms with Crippen molar-refractivity contribution in [2.75, 3.05) is 31.8 Å². The molecular formula is C12H28N2OS. The molecular weight excluding hydrogens is 220 g/mol. The molecule has 3 N–H and O–H groups in total. The Balaban J connectivity index is 3.68. The molecule has 0 bridgehead atoms. The second kappa shape index (κ2) is 11.7. The molecule has 0 aliphatic rings. The van der Waals surface area contributed by atoms with E-state index in [2.05, 4.69) is 19.2 Å². The molecule has 98 valence electrons. The minimum atomic E-state index is 0.454. The molecule has 0 fully saturated rings. The summed E-state index contributed by atoms with van der Waals surface area (Å²) in [5.74, 6) is 2.45. The molecule has 0 aromatic carbocycles. The Morgan fingerprint density at radius 3 is 2.69 bits per heavy atom. The summed E-state index contributed by atoms with van der Waals surface area (Å²) < 4.78 is 5.22. The first-order chi connectivity index (χ1) is 7.74. The van der Waals surface area contributed by atoms with Crippen molar-refractivity contribution in [1.82, 2.24) is 5.32 Å². The van der Waals surface area contributed by atoms with E-state index in [1.807, 2.05) is 11.8 Å². The van der Waals surface area contributed by atoms with Crippen molar-refractivity contribution >= 4 is 11.8 Å². The van der Waals surface area contributed by atoms with Crippen LogP contribution in [0, 0.1) is 0 Å². The van der Waals surface area contributed by atoms with Crippen molar-refractivity contribution in [3.63, 3.8) is 0 Å². The summed E-state index contributed by atoms with van der Waals surface area (Å²) in [6.45, 7) is 6.01. The lowest BCUT2D eigenvalue weighted by Gasteiger charge is -2.22. The van der Waals surface area contributed by atoms with E-state index in [9.17, 15) is 0 Å². The molecule has 3 nitrogen and oxygen atoms in total. The minimum Gasteiger partial charge on any atom is -0.383 e. The van der Waals surface area contributed by atoms with Crippen LogP contribution in [-0.4, -0.2) is 43.9 Å². The highest BCUT2D eigenvalue weighted by molar-refractivity contribution is 7.99. The Kier molecular flexibility index (Phi) is 11.9. The molecule has 0 aromatic rings. The largest absolute Gasteiger partial charge is 0.383 e. The molecule has 0 saturated carbocycles. The van der Waals surface area contributed by atoms with E-state index in [1.54, 1.807) is 7.11 Å². The Morgan fingerprint density at radius 1 is 1.38 bits per heavy atom. The number of rotatable bonds is 11. The Morgan fingerprint density at radius 2 is 2.12 bits per heavy atom. The van der Waals surface area contributed by atoms with E-state index in [4.69, 9.17) is 10.5 Å². The number of methoxy groups -OCH3 is 1. The molecule has 4 heteroatoms. The molecule has 0 aliphatic carbocycles. The van der Waals surface area contributed by atoms with Gasteiger partial charge in [-0.05, 0) is 44.2 Å². The molecule has 2 atom stereocenters. The van der Waals surface area contributed by atoms with Gasteiger partial charge in [0.2, 0.25) is 0 Å². The molecule has 0 saturated heterocycles. The number of nitrogens with two attached hydrogens (primary N) is 1. The van der Waals surface area contributed by atoms with Crippen LogP contribution in [0.25, 0.3) is 0 Å². The monoisotopic (exact) mass is 248 g/mol. The summed E-state index contributed by atoms with van der Waals surface area (Å²) in [7, 11) is 1.76. The molecule has 16 heavy (non-hydrogen) atoms. The SMILES string of the molecule is CCSCCC(C)NC(CCCN)COC. The van der Waals surface area contributed by atoms with Gasteiger partial charge in [0.15, 0.2) is 0 Å². The van der Waals surface area contributed by atoms with Crippen molar-refractivity contribution < 1.29 is 4.74 Å².